The maximum atomic E-state index is 5.92. The molecule has 98 valence electrons. The Balaban J connectivity index is 1.88. The van der Waals surface area contributed by atoms with Gasteiger partial charge in [0.25, 0.3) is 0 Å². The average Bonchev–Trinajstić information content (AvgIpc) is 3.03. The number of benzene rings is 1. The van der Waals surface area contributed by atoms with Crippen molar-refractivity contribution in [2.24, 2.45) is 5.92 Å². The summed E-state index contributed by atoms with van der Waals surface area (Å²) in [5.41, 5.74) is 1.55. The minimum atomic E-state index is 0.156. The molecule has 2 heteroatoms. The second-order valence-electron chi connectivity index (χ2n) is 6.00. The number of ether oxygens (including phenoxy) is 1. The molecule has 0 amide bonds. The molecule has 0 spiro atoms. The van der Waals surface area contributed by atoms with E-state index in [1.807, 2.05) is 0 Å². The van der Waals surface area contributed by atoms with Crippen LogP contribution in [0.2, 0.25) is 0 Å². The molecule has 2 aliphatic rings. The third-order valence-corrected chi connectivity index (χ3v) is 4.35. The zero-order valence-electron chi connectivity index (χ0n) is 11.4. The van der Waals surface area contributed by atoms with E-state index in [1.54, 1.807) is 0 Å². The van der Waals surface area contributed by atoms with Crippen molar-refractivity contribution >= 4 is 0 Å². The van der Waals surface area contributed by atoms with E-state index in [2.05, 4.69) is 43.4 Å². The highest BCUT2D eigenvalue weighted by Crippen LogP contribution is 2.39. The molecule has 1 aliphatic heterocycles. The highest BCUT2D eigenvalue weighted by Gasteiger charge is 2.38. The predicted octanol–water partition coefficient (Wildman–Crippen LogP) is 3.46. The lowest BCUT2D eigenvalue weighted by atomic mass is 9.79. The molecule has 2 fully saturated rings. The van der Waals surface area contributed by atoms with E-state index in [-0.39, 0.29) is 5.54 Å². The lowest BCUT2D eigenvalue weighted by Gasteiger charge is -2.34. The highest BCUT2D eigenvalue weighted by molar-refractivity contribution is 5.35. The van der Waals surface area contributed by atoms with Crippen LogP contribution in [0.15, 0.2) is 24.3 Å². The van der Waals surface area contributed by atoms with Gasteiger partial charge in [-0.25, -0.2) is 0 Å². The molecule has 0 radical (unpaired) electrons. The third kappa shape index (κ3) is 2.14. The number of hydrogen-bond acceptors (Lipinski definition) is 2. The van der Waals surface area contributed by atoms with Crippen LogP contribution in [-0.4, -0.2) is 12.6 Å². The van der Waals surface area contributed by atoms with Gasteiger partial charge in [-0.2, -0.15) is 0 Å². The topological polar surface area (TPSA) is 21.3 Å². The van der Waals surface area contributed by atoms with Gasteiger partial charge in [0.15, 0.2) is 0 Å². The van der Waals surface area contributed by atoms with Gasteiger partial charge in [-0.1, -0.05) is 26.0 Å². The average molecular weight is 245 g/mol. The highest BCUT2D eigenvalue weighted by atomic mass is 16.5. The van der Waals surface area contributed by atoms with Crippen LogP contribution in [0.4, 0.5) is 0 Å². The first-order valence-electron chi connectivity index (χ1n) is 7.23. The largest absolute Gasteiger partial charge is 0.490 e. The fourth-order valence-corrected chi connectivity index (χ4v) is 3.06. The number of rotatable bonds is 4. The summed E-state index contributed by atoms with van der Waals surface area (Å²) in [6.45, 7) is 5.76. The summed E-state index contributed by atoms with van der Waals surface area (Å²) in [4.78, 5) is 0. The Kier molecular flexibility index (Phi) is 3.06. The Bertz CT molecular complexity index is 417. The number of hydrogen-bond donors (Lipinski definition) is 1. The van der Waals surface area contributed by atoms with Gasteiger partial charge in [0.2, 0.25) is 0 Å². The standard InChI is InChI=1S/C16H23NO/c1-12(2)16(9-4-10-17-16)13-5-3-6-15(11-13)18-14-7-8-14/h3,5-6,11-12,14,17H,4,7-10H2,1-2H3. The third-order valence-electron chi connectivity index (χ3n) is 4.35. The maximum Gasteiger partial charge on any atom is 0.120 e. The molecular weight excluding hydrogens is 222 g/mol. The van der Waals surface area contributed by atoms with E-state index in [4.69, 9.17) is 4.74 Å². The van der Waals surface area contributed by atoms with Gasteiger partial charge in [0, 0.05) is 5.54 Å². The molecule has 0 bridgehead atoms. The van der Waals surface area contributed by atoms with Gasteiger partial charge in [0.1, 0.15) is 5.75 Å². The molecule has 1 N–H and O–H groups in total. The summed E-state index contributed by atoms with van der Waals surface area (Å²) in [6.07, 6.45) is 5.42. The first-order chi connectivity index (χ1) is 8.71. The fraction of sp³-hybridized carbons (Fsp3) is 0.625. The number of nitrogens with one attached hydrogen (secondary N) is 1. The second-order valence-corrected chi connectivity index (χ2v) is 6.00. The molecule has 1 aromatic carbocycles. The second kappa shape index (κ2) is 4.58. The van der Waals surface area contributed by atoms with Crippen LogP contribution in [0.3, 0.4) is 0 Å². The molecule has 1 aromatic rings. The van der Waals surface area contributed by atoms with Crippen molar-refractivity contribution in [3.8, 4) is 5.75 Å². The van der Waals surface area contributed by atoms with Crippen LogP contribution in [-0.2, 0) is 5.54 Å². The molecule has 2 nitrogen and oxygen atoms in total. The quantitative estimate of drug-likeness (QED) is 0.877. The van der Waals surface area contributed by atoms with Crippen LogP contribution in [0.1, 0.15) is 45.1 Å². The van der Waals surface area contributed by atoms with Gasteiger partial charge < -0.3 is 10.1 Å². The van der Waals surface area contributed by atoms with E-state index in [0.29, 0.717) is 12.0 Å². The Morgan fingerprint density at radius 3 is 2.78 bits per heavy atom. The van der Waals surface area contributed by atoms with E-state index in [0.717, 1.165) is 12.3 Å². The maximum absolute atomic E-state index is 5.92. The van der Waals surface area contributed by atoms with Gasteiger partial charge in [-0.15, -0.1) is 0 Å². The first kappa shape index (κ1) is 12.0. The Morgan fingerprint density at radius 1 is 1.33 bits per heavy atom. The zero-order valence-corrected chi connectivity index (χ0v) is 11.4. The summed E-state index contributed by atoms with van der Waals surface area (Å²) in [5, 5.41) is 3.73. The molecule has 1 saturated carbocycles. The van der Waals surface area contributed by atoms with Crippen molar-refractivity contribution in [1.29, 1.82) is 0 Å². The molecule has 1 aliphatic carbocycles. The van der Waals surface area contributed by atoms with E-state index >= 15 is 0 Å². The lowest BCUT2D eigenvalue weighted by Crippen LogP contribution is -2.41. The van der Waals surface area contributed by atoms with Crippen LogP contribution in [0.5, 0.6) is 5.75 Å². The molecular formula is C16H23NO. The van der Waals surface area contributed by atoms with Crippen LogP contribution in [0, 0.1) is 5.92 Å². The van der Waals surface area contributed by atoms with E-state index < -0.39 is 0 Å². The lowest BCUT2D eigenvalue weighted by molar-refractivity contribution is 0.272. The molecule has 1 saturated heterocycles. The van der Waals surface area contributed by atoms with Crippen molar-refractivity contribution in [2.75, 3.05) is 6.54 Å². The predicted molar refractivity (Wildman–Crippen MR) is 73.8 cm³/mol. The Morgan fingerprint density at radius 2 is 2.17 bits per heavy atom. The van der Waals surface area contributed by atoms with Crippen molar-refractivity contribution in [3.05, 3.63) is 29.8 Å². The fourth-order valence-electron chi connectivity index (χ4n) is 3.06. The summed E-state index contributed by atoms with van der Waals surface area (Å²) >= 11 is 0. The van der Waals surface area contributed by atoms with Crippen molar-refractivity contribution in [2.45, 2.75) is 51.2 Å². The summed E-state index contributed by atoms with van der Waals surface area (Å²) in [6, 6.07) is 8.72. The van der Waals surface area contributed by atoms with Gasteiger partial charge in [0.05, 0.1) is 6.10 Å². The molecule has 1 atom stereocenters. The van der Waals surface area contributed by atoms with E-state index in [1.165, 1.54) is 31.2 Å². The molecule has 3 rings (SSSR count). The van der Waals surface area contributed by atoms with Gasteiger partial charge >= 0.3 is 0 Å². The van der Waals surface area contributed by atoms with Crippen LogP contribution < -0.4 is 10.1 Å². The van der Waals surface area contributed by atoms with Crippen molar-refractivity contribution in [3.63, 3.8) is 0 Å². The van der Waals surface area contributed by atoms with E-state index in [9.17, 15) is 0 Å². The molecule has 1 heterocycles. The Hall–Kier alpha value is -1.02. The van der Waals surface area contributed by atoms with Gasteiger partial charge in [-0.3, -0.25) is 0 Å². The zero-order chi connectivity index (χ0) is 12.6. The smallest absolute Gasteiger partial charge is 0.120 e. The molecule has 18 heavy (non-hydrogen) atoms. The molecule has 1 unspecified atom stereocenters. The first-order valence-corrected chi connectivity index (χ1v) is 7.23. The summed E-state index contributed by atoms with van der Waals surface area (Å²) in [7, 11) is 0. The SMILES string of the molecule is CC(C)C1(c2cccc(OC3CC3)c2)CCCN1. The summed E-state index contributed by atoms with van der Waals surface area (Å²) < 4.78 is 5.92. The molecule has 0 aromatic heterocycles. The van der Waals surface area contributed by atoms with Gasteiger partial charge in [-0.05, 0) is 55.8 Å². The normalized spacial score (nSPS) is 27.7. The summed E-state index contributed by atoms with van der Waals surface area (Å²) in [5.74, 6) is 1.65. The van der Waals surface area contributed by atoms with Crippen molar-refractivity contribution in [1.82, 2.24) is 5.32 Å². The monoisotopic (exact) mass is 245 g/mol. The van der Waals surface area contributed by atoms with Crippen molar-refractivity contribution < 1.29 is 4.74 Å². The van der Waals surface area contributed by atoms with Crippen LogP contribution >= 0.6 is 0 Å². The minimum absolute atomic E-state index is 0.156. The minimum Gasteiger partial charge on any atom is -0.490 e. The van der Waals surface area contributed by atoms with Crippen LogP contribution in [0.25, 0.3) is 0 Å². The Labute approximate surface area is 110 Å².